The van der Waals surface area contributed by atoms with Crippen molar-refractivity contribution in [3.63, 3.8) is 0 Å². The van der Waals surface area contributed by atoms with Crippen LogP contribution < -0.4 is 0 Å². The van der Waals surface area contributed by atoms with Crippen molar-refractivity contribution in [2.45, 2.75) is 52.1 Å². The molecule has 0 radical (unpaired) electrons. The van der Waals surface area contributed by atoms with Crippen molar-refractivity contribution >= 4 is 11.6 Å². The molecule has 0 aromatic heterocycles. The lowest BCUT2D eigenvalue weighted by Crippen LogP contribution is -2.39. The fraction of sp³-hybridized carbons (Fsp3) is 0.333. The van der Waals surface area contributed by atoms with E-state index in [2.05, 4.69) is 49.9 Å². The summed E-state index contributed by atoms with van der Waals surface area (Å²) in [5, 5.41) is 0. The summed E-state index contributed by atoms with van der Waals surface area (Å²) < 4.78 is 14.9. The van der Waals surface area contributed by atoms with Gasteiger partial charge < -0.3 is 0 Å². The Balaban J connectivity index is 2.18. The normalized spacial score (nSPS) is 15.0. The van der Waals surface area contributed by atoms with Crippen molar-refractivity contribution in [3.05, 3.63) is 82.4 Å². The van der Waals surface area contributed by atoms with Gasteiger partial charge in [0, 0.05) is 5.41 Å². The molecule has 1 aliphatic carbocycles. The summed E-state index contributed by atoms with van der Waals surface area (Å²) in [6.45, 7) is 13.7. The molecule has 0 amide bonds. The van der Waals surface area contributed by atoms with E-state index in [1.807, 2.05) is 26.0 Å². The van der Waals surface area contributed by atoms with Gasteiger partial charge in [-0.15, -0.1) is 0 Å². The number of benzene rings is 2. The Kier molecular flexibility index (Phi) is 4.23. The second-order valence-corrected chi connectivity index (χ2v) is 8.18. The maximum absolute atomic E-state index is 14.9. The average Bonchev–Trinajstić information content (AvgIpc) is 2.53. The highest BCUT2D eigenvalue weighted by Gasteiger charge is 2.40. The molecule has 0 saturated heterocycles. The molecular weight excluding hydrogens is 307 g/mol. The van der Waals surface area contributed by atoms with Gasteiger partial charge in [0.15, 0.2) is 0 Å². The lowest BCUT2D eigenvalue weighted by atomic mass is 9.69. The Morgan fingerprint density at radius 1 is 1.00 bits per heavy atom. The summed E-state index contributed by atoms with van der Waals surface area (Å²) in [5.74, 6) is 0. The Morgan fingerprint density at radius 2 is 1.68 bits per heavy atom. The van der Waals surface area contributed by atoms with Gasteiger partial charge in [-0.25, -0.2) is 4.39 Å². The van der Waals surface area contributed by atoms with Crippen LogP contribution in [0.3, 0.4) is 0 Å². The van der Waals surface area contributed by atoms with Crippen LogP contribution in [0, 0.1) is 6.92 Å². The van der Waals surface area contributed by atoms with Crippen LogP contribution in [0.4, 0.5) is 4.39 Å². The van der Waals surface area contributed by atoms with Gasteiger partial charge in [-0.3, -0.25) is 0 Å². The third-order valence-electron chi connectivity index (χ3n) is 5.76. The van der Waals surface area contributed by atoms with E-state index in [4.69, 9.17) is 0 Å². The molecular formula is C24H27F. The Morgan fingerprint density at radius 3 is 2.36 bits per heavy atom. The monoisotopic (exact) mass is 334 g/mol. The van der Waals surface area contributed by atoms with Crippen LogP contribution in [0.15, 0.2) is 54.6 Å². The summed E-state index contributed by atoms with van der Waals surface area (Å²) >= 11 is 0. The van der Waals surface area contributed by atoms with E-state index in [-0.39, 0.29) is 0 Å². The molecule has 1 heteroatoms. The van der Waals surface area contributed by atoms with Crippen LogP contribution in [-0.4, -0.2) is 5.67 Å². The van der Waals surface area contributed by atoms with E-state index in [0.717, 1.165) is 28.7 Å². The first-order valence-electron chi connectivity index (χ1n) is 8.89. The van der Waals surface area contributed by atoms with E-state index in [0.29, 0.717) is 0 Å². The van der Waals surface area contributed by atoms with E-state index < -0.39 is 11.1 Å². The molecule has 2 aromatic carbocycles. The Bertz CT molecular complexity index is 860. The molecule has 0 heterocycles. The van der Waals surface area contributed by atoms with Crippen molar-refractivity contribution in [1.82, 2.24) is 0 Å². The van der Waals surface area contributed by atoms with E-state index >= 15 is 0 Å². The zero-order valence-electron chi connectivity index (χ0n) is 15.9. The predicted octanol–water partition coefficient (Wildman–Crippen LogP) is 6.67. The lowest BCUT2D eigenvalue weighted by Gasteiger charge is -2.37. The van der Waals surface area contributed by atoms with Crippen LogP contribution >= 0.6 is 0 Å². The smallest absolute Gasteiger partial charge is 0.114 e. The molecule has 3 rings (SSSR count). The highest BCUT2D eigenvalue weighted by atomic mass is 19.1. The zero-order valence-corrected chi connectivity index (χ0v) is 15.9. The molecule has 0 bridgehead atoms. The molecule has 0 atom stereocenters. The van der Waals surface area contributed by atoms with Gasteiger partial charge in [-0.05, 0) is 66.7 Å². The predicted molar refractivity (Wildman–Crippen MR) is 107 cm³/mol. The molecule has 0 unspecified atom stereocenters. The van der Waals surface area contributed by atoms with E-state index in [1.54, 1.807) is 13.8 Å². The number of halogens is 1. The molecule has 0 saturated carbocycles. The van der Waals surface area contributed by atoms with Crippen LogP contribution in [0.5, 0.6) is 0 Å². The summed E-state index contributed by atoms with van der Waals surface area (Å²) in [5.41, 5.74) is 6.25. The molecule has 0 spiro atoms. The zero-order chi connectivity index (χ0) is 18.4. The van der Waals surface area contributed by atoms with Gasteiger partial charge in [0.05, 0.1) is 0 Å². The summed E-state index contributed by atoms with van der Waals surface area (Å²) in [7, 11) is 0. The van der Waals surface area contributed by atoms with Crippen LogP contribution in [0.25, 0.3) is 11.6 Å². The second kappa shape index (κ2) is 5.98. The highest BCUT2D eigenvalue weighted by molar-refractivity contribution is 5.95. The number of hydrogen-bond donors (Lipinski definition) is 0. The number of rotatable bonds is 3. The maximum Gasteiger partial charge on any atom is 0.114 e. The first kappa shape index (κ1) is 17.7. The maximum atomic E-state index is 14.9. The van der Waals surface area contributed by atoms with Crippen molar-refractivity contribution in [1.29, 1.82) is 0 Å². The van der Waals surface area contributed by atoms with Gasteiger partial charge in [0.1, 0.15) is 5.67 Å². The third-order valence-corrected chi connectivity index (χ3v) is 5.76. The quantitative estimate of drug-likeness (QED) is 0.588. The minimum Gasteiger partial charge on any atom is -0.244 e. The Hall–Kier alpha value is -2.15. The average molecular weight is 334 g/mol. The Labute approximate surface area is 151 Å². The molecule has 0 fully saturated rings. The van der Waals surface area contributed by atoms with Crippen LogP contribution in [0.1, 0.15) is 55.5 Å². The standard InChI is InChI=1S/C24H27F/c1-16-11-12-18-15-21(17(2)14-19(18)13-16)20-9-7-8-10-22(20)23(3,4)24(5,6)25/h7-13,15H,2,14H2,1,3-6H3. The minimum absolute atomic E-state index is 0.599. The van der Waals surface area contributed by atoms with E-state index in [9.17, 15) is 4.39 Å². The SMILES string of the molecule is C=C1Cc2cc(C)ccc2C=C1c1ccccc1C(C)(C)C(C)(C)F. The highest BCUT2D eigenvalue weighted by Crippen LogP contribution is 2.43. The van der Waals surface area contributed by atoms with Gasteiger partial charge >= 0.3 is 0 Å². The van der Waals surface area contributed by atoms with Crippen LogP contribution in [-0.2, 0) is 11.8 Å². The molecule has 0 nitrogen and oxygen atoms in total. The number of hydrogen-bond acceptors (Lipinski definition) is 0. The largest absolute Gasteiger partial charge is 0.244 e. The van der Waals surface area contributed by atoms with Gasteiger partial charge in [0.25, 0.3) is 0 Å². The number of alkyl halides is 1. The summed E-state index contributed by atoms with van der Waals surface area (Å²) in [6.07, 6.45) is 3.05. The third kappa shape index (κ3) is 3.08. The van der Waals surface area contributed by atoms with Gasteiger partial charge in [-0.2, -0.15) is 0 Å². The first-order valence-corrected chi connectivity index (χ1v) is 8.89. The topological polar surface area (TPSA) is 0 Å². The second-order valence-electron chi connectivity index (χ2n) is 8.18. The van der Waals surface area contributed by atoms with Gasteiger partial charge in [-0.1, -0.05) is 68.5 Å². The van der Waals surface area contributed by atoms with Gasteiger partial charge in [0.2, 0.25) is 0 Å². The van der Waals surface area contributed by atoms with Crippen molar-refractivity contribution in [3.8, 4) is 0 Å². The summed E-state index contributed by atoms with van der Waals surface area (Å²) in [4.78, 5) is 0. The van der Waals surface area contributed by atoms with Crippen LogP contribution in [0.2, 0.25) is 0 Å². The number of fused-ring (bicyclic) bond motifs is 1. The molecule has 1 aliphatic rings. The molecule has 25 heavy (non-hydrogen) atoms. The summed E-state index contributed by atoms with van der Waals surface area (Å²) in [6, 6.07) is 14.7. The number of allylic oxidation sites excluding steroid dienone is 2. The molecule has 2 aromatic rings. The first-order chi connectivity index (χ1) is 11.6. The molecule has 0 N–H and O–H groups in total. The fourth-order valence-electron chi connectivity index (χ4n) is 3.46. The number of aryl methyl sites for hydroxylation is 1. The van der Waals surface area contributed by atoms with E-state index in [1.165, 1.54) is 16.7 Å². The van der Waals surface area contributed by atoms with Crippen molar-refractivity contribution < 1.29 is 4.39 Å². The molecule has 0 aliphatic heterocycles. The minimum atomic E-state index is -1.32. The molecule has 130 valence electrons. The van der Waals surface area contributed by atoms with Crippen molar-refractivity contribution in [2.24, 2.45) is 0 Å². The lowest BCUT2D eigenvalue weighted by molar-refractivity contribution is 0.114. The van der Waals surface area contributed by atoms with Crippen molar-refractivity contribution in [2.75, 3.05) is 0 Å². The fourth-order valence-corrected chi connectivity index (χ4v) is 3.46.